The highest BCUT2D eigenvalue weighted by molar-refractivity contribution is 6.13. The van der Waals surface area contributed by atoms with Gasteiger partial charge in [-0.3, -0.25) is 10.1 Å². The molecule has 0 bridgehead atoms. The van der Waals surface area contributed by atoms with E-state index in [0.29, 0.717) is 19.0 Å². The van der Waals surface area contributed by atoms with Crippen LogP contribution in [0.3, 0.4) is 0 Å². The molecule has 2 aliphatic heterocycles. The summed E-state index contributed by atoms with van der Waals surface area (Å²) in [6, 6.07) is 3.08. The lowest BCUT2D eigenvalue weighted by Gasteiger charge is -2.26. The van der Waals surface area contributed by atoms with Gasteiger partial charge in [0.15, 0.2) is 5.88 Å². The second-order valence-corrected chi connectivity index (χ2v) is 4.24. The zero-order valence-electron chi connectivity index (χ0n) is 10.1. The number of carbonyl (C=O) groups is 2. The zero-order valence-corrected chi connectivity index (χ0v) is 10.1. The molecule has 0 unspecified atom stereocenters. The van der Waals surface area contributed by atoms with Crippen LogP contribution in [0.25, 0.3) is 6.08 Å². The minimum absolute atomic E-state index is 0.188. The van der Waals surface area contributed by atoms with Gasteiger partial charge in [-0.15, -0.1) is 0 Å². The van der Waals surface area contributed by atoms with E-state index in [1.165, 1.54) is 6.08 Å². The highest BCUT2D eigenvalue weighted by Gasteiger charge is 2.23. The van der Waals surface area contributed by atoms with Crippen molar-refractivity contribution in [3.63, 3.8) is 0 Å². The molecule has 3 rings (SSSR count). The maximum absolute atomic E-state index is 11.4. The van der Waals surface area contributed by atoms with Crippen molar-refractivity contribution in [2.75, 3.05) is 31.2 Å². The van der Waals surface area contributed by atoms with E-state index in [0.717, 1.165) is 19.0 Å². The zero-order chi connectivity index (χ0) is 13.2. The van der Waals surface area contributed by atoms with Crippen LogP contribution >= 0.6 is 0 Å². The number of imide groups is 1. The SMILES string of the molecule is O=C1NC(=O)C(=Cc2ccc(N3CCOCC3)o2)N1. The third-order valence-electron chi connectivity index (χ3n) is 2.94. The number of amides is 3. The molecule has 100 valence electrons. The Kier molecular flexibility index (Phi) is 2.96. The Balaban J connectivity index is 1.76. The number of rotatable bonds is 2. The number of nitrogens with one attached hydrogen (secondary N) is 2. The Morgan fingerprint density at radius 2 is 1.95 bits per heavy atom. The molecule has 2 aliphatic rings. The fourth-order valence-corrected chi connectivity index (χ4v) is 2.00. The summed E-state index contributed by atoms with van der Waals surface area (Å²) in [5, 5.41) is 4.54. The number of hydrogen-bond acceptors (Lipinski definition) is 5. The fourth-order valence-electron chi connectivity index (χ4n) is 2.00. The molecule has 0 spiro atoms. The second-order valence-electron chi connectivity index (χ2n) is 4.24. The topological polar surface area (TPSA) is 83.8 Å². The molecule has 2 saturated heterocycles. The Bertz CT molecular complexity index is 543. The van der Waals surface area contributed by atoms with Gasteiger partial charge in [0, 0.05) is 25.2 Å². The number of urea groups is 1. The number of anilines is 1. The van der Waals surface area contributed by atoms with Crippen LogP contribution in [0.15, 0.2) is 22.2 Å². The normalized spacial score (nSPS) is 21.7. The first-order chi connectivity index (χ1) is 9.22. The number of ether oxygens (including phenoxy) is 1. The number of carbonyl (C=O) groups excluding carboxylic acids is 2. The molecule has 2 fully saturated rings. The first-order valence-electron chi connectivity index (χ1n) is 5.99. The van der Waals surface area contributed by atoms with Gasteiger partial charge in [-0.25, -0.2) is 4.79 Å². The van der Waals surface area contributed by atoms with Crippen LogP contribution in [0, 0.1) is 0 Å². The Morgan fingerprint density at radius 3 is 2.63 bits per heavy atom. The van der Waals surface area contributed by atoms with Crippen molar-refractivity contribution in [1.82, 2.24) is 10.6 Å². The quantitative estimate of drug-likeness (QED) is 0.592. The standard InChI is InChI=1S/C12H13N3O4/c16-11-9(13-12(17)14-11)7-8-1-2-10(19-8)15-3-5-18-6-4-15/h1-2,7H,3-6H2,(H2,13,14,16,17). The minimum Gasteiger partial charge on any atom is -0.441 e. The van der Waals surface area contributed by atoms with Crippen LogP contribution in [-0.2, 0) is 9.53 Å². The lowest BCUT2D eigenvalue weighted by atomic mass is 10.3. The maximum Gasteiger partial charge on any atom is 0.326 e. The van der Waals surface area contributed by atoms with Crippen LogP contribution in [-0.4, -0.2) is 38.2 Å². The molecule has 0 aromatic carbocycles. The van der Waals surface area contributed by atoms with Crippen LogP contribution in [0.4, 0.5) is 10.7 Å². The van der Waals surface area contributed by atoms with Crippen molar-refractivity contribution in [2.24, 2.45) is 0 Å². The molecular formula is C12H13N3O4. The lowest BCUT2D eigenvalue weighted by Crippen LogP contribution is -2.35. The molecule has 7 heteroatoms. The Morgan fingerprint density at radius 1 is 1.16 bits per heavy atom. The number of nitrogens with zero attached hydrogens (tertiary/aromatic N) is 1. The molecule has 0 radical (unpaired) electrons. The first kappa shape index (κ1) is 11.8. The summed E-state index contributed by atoms with van der Waals surface area (Å²) in [6.07, 6.45) is 1.50. The van der Waals surface area contributed by atoms with E-state index >= 15 is 0 Å². The number of furan rings is 1. The summed E-state index contributed by atoms with van der Waals surface area (Å²) in [4.78, 5) is 24.4. The Labute approximate surface area is 109 Å². The van der Waals surface area contributed by atoms with Crippen molar-refractivity contribution in [3.8, 4) is 0 Å². The van der Waals surface area contributed by atoms with Gasteiger partial charge >= 0.3 is 6.03 Å². The molecule has 3 heterocycles. The predicted octanol–water partition coefficient (Wildman–Crippen LogP) is 0.296. The molecule has 1 aromatic heterocycles. The lowest BCUT2D eigenvalue weighted by molar-refractivity contribution is -0.115. The number of morpholine rings is 1. The predicted molar refractivity (Wildman–Crippen MR) is 66.4 cm³/mol. The van der Waals surface area contributed by atoms with Crippen molar-refractivity contribution < 1.29 is 18.7 Å². The monoisotopic (exact) mass is 263 g/mol. The first-order valence-corrected chi connectivity index (χ1v) is 5.99. The molecule has 2 N–H and O–H groups in total. The third-order valence-corrected chi connectivity index (χ3v) is 2.94. The second kappa shape index (κ2) is 4.77. The minimum atomic E-state index is -0.517. The van der Waals surface area contributed by atoms with Gasteiger partial charge in [-0.05, 0) is 6.07 Å². The molecule has 0 aliphatic carbocycles. The Hall–Kier alpha value is -2.28. The smallest absolute Gasteiger partial charge is 0.326 e. The molecule has 0 saturated carbocycles. The largest absolute Gasteiger partial charge is 0.441 e. The van der Waals surface area contributed by atoms with Crippen molar-refractivity contribution in [2.45, 2.75) is 0 Å². The summed E-state index contributed by atoms with van der Waals surface area (Å²) in [7, 11) is 0. The highest BCUT2D eigenvalue weighted by Crippen LogP contribution is 2.21. The van der Waals surface area contributed by atoms with Crippen molar-refractivity contribution in [3.05, 3.63) is 23.6 Å². The van der Waals surface area contributed by atoms with Crippen LogP contribution < -0.4 is 15.5 Å². The van der Waals surface area contributed by atoms with Crippen molar-refractivity contribution >= 4 is 23.9 Å². The summed E-state index contributed by atoms with van der Waals surface area (Å²) in [6.45, 7) is 2.91. The van der Waals surface area contributed by atoms with Gasteiger partial charge < -0.3 is 19.4 Å². The van der Waals surface area contributed by atoms with Crippen LogP contribution in [0.2, 0.25) is 0 Å². The third kappa shape index (κ3) is 2.45. The molecule has 1 aromatic rings. The van der Waals surface area contributed by atoms with Crippen molar-refractivity contribution in [1.29, 1.82) is 0 Å². The fraction of sp³-hybridized carbons (Fsp3) is 0.333. The van der Waals surface area contributed by atoms with Gasteiger partial charge in [0.05, 0.1) is 13.2 Å². The molecule has 19 heavy (non-hydrogen) atoms. The summed E-state index contributed by atoms with van der Waals surface area (Å²) in [5.74, 6) is 0.808. The van der Waals surface area contributed by atoms with E-state index in [9.17, 15) is 9.59 Å². The molecule has 3 amide bonds. The van der Waals surface area contributed by atoms with E-state index in [-0.39, 0.29) is 5.70 Å². The van der Waals surface area contributed by atoms with E-state index in [1.54, 1.807) is 6.07 Å². The molecular weight excluding hydrogens is 250 g/mol. The summed E-state index contributed by atoms with van der Waals surface area (Å²) >= 11 is 0. The van der Waals surface area contributed by atoms with Crippen LogP contribution in [0.1, 0.15) is 5.76 Å². The van der Waals surface area contributed by atoms with E-state index < -0.39 is 11.9 Å². The van der Waals surface area contributed by atoms with Gasteiger partial charge in [0.2, 0.25) is 0 Å². The average molecular weight is 263 g/mol. The summed E-state index contributed by atoms with van der Waals surface area (Å²) in [5.41, 5.74) is 0.188. The summed E-state index contributed by atoms with van der Waals surface area (Å²) < 4.78 is 10.9. The average Bonchev–Trinajstić information content (AvgIpc) is 2.99. The van der Waals surface area contributed by atoms with Gasteiger partial charge in [-0.1, -0.05) is 0 Å². The van der Waals surface area contributed by atoms with Gasteiger partial charge in [-0.2, -0.15) is 0 Å². The van der Waals surface area contributed by atoms with Gasteiger partial charge in [0.1, 0.15) is 11.5 Å². The number of hydrogen-bond donors (Lipinski definition) is 2. The highest BCUT2D eigenvalue weighted by atomic mass is 16.5. The van der Waals surface area contributed by atoms with E-state index in [1.807, 2.05) is 6.07 Å². The van der Waals surface area contributed by atoms with E-state index in [4.69, 9.17) is 9.15 Å². The molecule has 0 atom stereocenters. The maximum atomic E-state index is 11.4. The van der Waals surface area contributed by atoms with Gasteiger partial charge in [0.25, 0.3) is 5.91 Å². The molecule has 7 nitrogen and oxygen atoms in total. The van der Waals surface area contributed by atoms with Crippen LogP contribution in [0.5, 0.6) is 0 Å². The van der Waals surface area contributed by atoms with E-state index in [2.05, 4.69) is 15.5 Å².